The monoisotopic (exact) mass is 257 g/mol. The zero-order chi connectivity index (χ0) is 13.7. The summed E-state index contributed by atoms with van der Waals surface area (Å²) in [6, 6.07) is 10.1. The van der Waals surface area contributed by atoms with Crippen LogP contribution < -0.4 is 5.32 Å². The molecule has 0 aliphatic carbocycles. The van der Waals surface area contributed by atoms with Gasteiger partial charge in [0.1, 0.15) is 0 Å². The van der Waals surface area contributed by atoms with Crippen molar-refractivity contribution in [2.24, 2.45) is 0 Å². The molecule has 1 heterocycles. The number of carbonyl (C=O) groups excluding carboxylic acids is 1. The van der Waals surface area contributed by atoms with Crippen LogP contribution in [0.4, 0.5) is 0 Å². The number of nitrogens with one attached hydrogen (secondary N) is 1. The summed E-state index contributed by atoms with van der Waals surface area (Å²) in [7, 11) is 0. The van der Waals surface area contributed by atoms with Gasteiger partial charge in [0.25, 0.3) is 0 Å². The van der Waals surface area contributed by atoms with Crippen molar-refractivity contribution in [2.75, 3.05) is 13.1 Å². The molecule has 1 aromatic rings. The Kier molecular flexibility index (Phi) is 4.53. The lowest BCUT2D eigenvalue weighted by Gasteiger charge is -2.30. The molecule has 1 aliphatic heterocycles. The molecule has 0 saturated carbocycles. The topological polar surface area (TPSA) is 56.1 Å². The fourth-order valence-electron chi connectivity index (χ4n) is 2.46. The molecule has 0 radical (unpaired) electrons. The minimum Gasteiger partial charge on any atom is -0.341 e. The maximum atomic E-state index is 12.4. The van der Waals surface area contributed by atoms with Gasteiger partial charge in [0.2, 0.25) is 5.91 Å². The van der Waals surface area contributed by atoms with Crippen molar-refractivity contribution >= 4 is 5.91 Å². The van der Waals surface area contributed by atoms with Crippen LogP contribution in [0.1, 0.15) is 24.5 Å². The van der Waals surface area contributed by atoms with Crippen molar-refractivity contribution in [3.8, 4) is 6.07 Å². The lowest BCUT2D eigenvalue weighted by Crippen LogP contribution is -2.49. The Labute approximate surface area is 114 Å². The Morgan fingerprint density at radius 3 is 2.89 bits per heavy atom. The summed E-state index contributed by atoms with van der Waals surface area (Å²) in [5.74, 6) is 0.104. The summed E-state index contributed by atoms with van der Waals surface area (Å²) in [5.41, 5.74) is 2.52. The molecule has 1 amide bonds. The van der Waals surface area contributed by atoms with Crippen LogP contribution in [-0.2, 0) is 17.8 Å². The van der Waals surface area contributed by atoms with Crippen LogP contribution in [0.3, 0.4) is 0 Å². The highest BCUT2D eigenvalue weighted by Gasteiger charge is 2.26. The molecule has 0 bridgehead atoms. The second-order valence-corrected chi connectivity index (χ2v) is 4.73. The minimum atomic E-state index is -0.159. The van der Waals surface area contributed by atoms with Crippen molar-refractivity contribution in [3.05, 3.63) is 35.4 Å². The number of likely N-dealkylation sites (N-methyl/N-ethyl adjacent to an activating group) is 1. The molecule has 100 valence electrons. The number of fused-ring (bicyclic) bond motifs is 1. The first-order valence-corrected chi connectivity index (χ1v) is 6.72. The highest BCUT2D eigenvalue weighted by Crippen LogP contribution is 2.17. The standard InChI is InChI=1S/C15H19N3O/c1-2-18(9-5-8-16)15(19)14-10-12-6-3-4-7-13(12)11-17-14/h3-4,6-7,14,17H,2,5,9-11H2,1H3/t14-/m1/s1. The highest BCUT2D eigenvalue weighted by molar-refractivity contribution is 5.82. The molecule has 1 aromatic carbocycles. The van der Waals surface area contributed by atoms with Crippen molar-refractivity contribution in [1.82, 2.24) is 10.2 Å². The molecule has 4 heteroatoms. The van der Waals surface area contributed by atoms with Gasteiger partial charge in [-0.2, -0.15) is 5.26 Å². The van der Waals surface area contributed by atoms with Gasteiger partial charge < -0.3 is 10.2 Å². The molecule has 0 unspecified atom stereocenters. The smallest absolute Gasteiger partial charge is 0.240 e. The Morgan fingerprint density at radius 1 is 1.47 bits per heavy atom. The molecule has 19 heavy (non-hydrogen) atoms. The highest BCUT2D eigenvalue weighted by atomic mass is 16.2. The molecule has 1 N–H and O–H groups in total. The molecular formula is C15H19N3O. The van der Waals surface area contributed by atoms with Crippen molar-refractivity contribution < 1.29 is 4.79 Å². The number of rotatable bonds is 4. The van der Waals surface area contributed by atoms with Crippen molar-refractivity contribution in [3.63, 3.8) is 0 Å². The summed E-state index contributed by atoms with van der Waals surface area (Å²) in [4.78, 5) is 14.2. The minimum absolute atomic E-state index is 0.104. The number of carbonyl (C=O) groups is 1. The third-order valence-corrected chi connectivity index (χ3v) is 3.57. The average molecular weight is 257 g/mol. The third kappa shape index (κ3) is 3.12. The molecule has 1 aliphatic rings. The lowest BCUT2D eigenvalue weighted by molar-refractivity contribution is -0.133. The Morgan fingerprint density at radius 2 is 2.21 bits per heavy atom. The first kappa shape index (κ1) is 13.6. The van der Waals surface area contributed by atoms with E-state index in [1.54, 1.807) is 4.90 Å². The molecule has 2 rings (SSSR count). The van der Waals surface area contributed by atoms with E-state index in [0.717, 1.165) is 13.0 Å². The van der Waals surface area contributed by atoms with E-state index in [9.17, 15) is 4.79 Å². The number of hydrogen-bond donors (Lipinski definition) is 1. The number of nitriles is 1. The van der Waals surface area contributed by atoms with E-state index in [2.05, 4.69) is 23.5 Å². The van der Waals surface area contributed by atoms with Gasteiger partial charge in [-0.25, -0.2) is 0 Å². The largest absolute Gasteiger partial charge is 0.341 e. The molecule has 4 nitrogen and oxygen atoms in total. The first-order chi connectivity index (χ1) is 9.26. The fourth-order valence-corrected chi connectivity index (χ4v) is 2.46. The Bertz CT molecular complexity index is 492. The predicted molar refractivity (Wildman–Crippen MR) is 73.3 cm³/mol. The van der Waals surface area contributed by atoms with E-state index >= 15 is 0 Å². The SMILES string of the molecule is CCN(CCC#N)C(=O)[C@H]1Cc2ccccc2CN1. The van der Waals surface area contributed by atoms with E-state index < -0.39 is 0 Å². The zero-order valence-electron chi connectivity index (χ0n) is 11.2. The van der Waals surface area contributed by atoms with Crippen molar-refractivity contribution in [2.45, 2.75) is 32.4 Å². The molecular weight excluding hydrogens is 238 g/mol. The number of nitrogens with zero attached hydrogens (tertiary/aromatic N) is 2. The summed E-state index contributed by atoms with van der Waals surface area (Å²) in [6.07, 6.45) is 1.13. The van der Waals surface area contributed by atoms with Crippen LogP contribution in [0.25, 0.3) is 0 Å². The molecule has 0 saturated heterocycles. The van der Waals surface area contributed by atoms with Gasteiger partial charge in [0, 0.05) is 19.6 Å². The van der Waals surface area contributed by atoms with Gasteiger partial charge >= 0.3 is 0 Å². The van der Waals surface area contributed by atoms with E-state index in [1.807, 2.05) is 19.1 Å². The van der Waals surface area contributed by atoms with Crippen LogP contribution in [-0.4, -0.2) is 29.9 Å². The number of amides is 1. The first-order valence-electron chi connectivity index (χ1n) is 6.72. The zero-order valence-corrected chi connectivity index (χ0v) is 11.2. The molecule has 1 atom stereocenters. The quantitative estimate of drug-likeness (QED) is 0.888. The van der Waals surface area contributed by atoms with Crippen LogP contribution in [0.15, 0.2) is 24.3 Å². The van der Waals surface area contributed by atoms with E-state index in [1.165, 1.54) is 11.1 Å². The second-order valence-electron chi connectivity index (χ2n) is 4.73. The number of benzene rings is 1. The fraction of sp³-hybridized carbons (Fsp3) is 0.467. The van der Waals surface area contributed by atoms with Gasteiger partial charge in [-0.05, 0) is 24.5 Å². The van der Waals surface area contributed by atoms with E-state index in [4.69, 9.17) is 5.26 Å². The van der Waals surface area contributed by atoms with E-state index in [0.29, 0.717) is 19.5 Å². The maximum absolute atomic E-state index is 12.4. The average Bonchev–Trinajstić information content (AvgIpc) is 2.47. The van der Waals surface area contributed by atoms with Gasteiger partial charge in [0.15, 0.2) is 0 Å². The van der Waals surface area contributed by atoms with Crippen LogP contribution in [0, 0.1) is 11.3 Å². The van der Waals surface area contributed by atoms with Crippen LogP contribution in [0.5, 0.6) is 0 Å². The maximum Gasteiger partial charge on any atom is 0.240 e. The van der Waals surface area contributed by atoms with E-state index in [-0.39, 0.29) is 11.9 Å². The predicted octanol–water partition coefficient (Wildman–Crippen LogP) is 1.46. The normalized spacial score (nSPS) is 17.4. The van der Waals surface area contributed by atoms with Crippen LogP contribution in [0.2, 0.25) is 0 Å². The summed E-state index contributed by atoms with van der Waals surface area (Å²) >= 11 is 0. The van der Waals surface area contributed by atoms with Crippen molar-refractivity contribution in [1.29, 1.82) is 5.26 Å². The molecule has 0 aromatic heterocycles. The summed E-state index contributed by atoms with van der Waals surface area (Å²) < 4.78 is 0. The second kappa shape index (κ2) is 6.35. The summed E-state index contributed by atoms with van der Waals surface area (Å²) in [5, 5.41) is 11.9. The Balaban J connectivity index is 2.03. The lowest BCUT2D eigenvalue weighted by atomic mass is 9.95. The summed E-state index contributed by atoms with van der Waals surface area (Å²) in [6.45, 7) is 3.86. The Hall–Kier alpha value is -1.86. The van der Waals surface area contributed by atoms with Gasteiger partial charge in [0.05, 0.1) is 18.5 Å². The van der Waals surface area contributed by atoms with Gasteiger partial charge in [-0.3, -0.25) is 4.79 Å². The molecule has 0 spiro atoms. The third-order valence-electron chi connectivity index (χ3n) is 3.57. The van der Waals surface area contributed by atoms with Gasteiger partial charge in [-0.1, -0.05) is 24.3 Å². The van der Waals surface area contributed by atoms with Crippen LogP contribution >= 0.6 is 0 Å². The van der Waals surface area contributed by atoms with Gasteiger partial charge in [-0.15, -0.1) is 0 Å². The number of hydrogen-bond acceptors (Lipinski definition) is 3. The molecule has 0 fully saturated rings.